The highest BCUT2D eigenvalue weighted by atomic mass is 32.2. The molecule has 0 saturated heterocycles. The van der Waals surface area contributed by atoms with Crippen molar-refractivity contribution in [3.05, 3.63) is 29.6 Å². The van der Waals surface area contributed by atoms with Gasteiger partial charge in [-0.1, -0.05) is 6.92 Å². The molecule has 0 aromatic heterocycles. The molecular weight excluding hydrogens is 269 g/mol. The van der Waals surface area contributed by atoms with Crippen molar-refractivity contribution in [3.63, 3.8) is 0 Å². The minimum absolute atomic E-state index is 0.0234. The predicted octanol–water partition coefficient (Wildman–Crippen LogP) is 1.40. The monoisotopic (exact) mass is 287 g/mol. The molecule has 2 atom stereocenters. The fourth-order valence-corrected chi connectivity index (χ4v) is 3.97. The van der Waals surface area contributed by atoms with E-state index < -0.39 is 15.7 Å². The average Bonchev–Trinajstić information content (AvgIpc) is 2.38. The quantitative estimate of drug-likeness (QED) is 0.822. The first-order chi connectivity index (χ1) is 8.97. The Labute approximate surface area is 112 Å². The summed E-state index contributed by atoms with van der Waals surface area (Å²) in [7, 11) is -3.31. The van der Waals surface area contributed by atoms with Crippen LogP contribution in [0.3, 0.4) is 0 Å². The molecule has 6 heteroatoms. The summed E-state index contributed by atoms with van der Waals surface area (Å²) in [5.41, 5.74) is 0.471. The van der Waals surface area contributed by atoms with Gasteiger partial charge in [0.15, 0.2) is 9.84 Å². The number of fused-ring (bicyclic) bond motifs is 1. The minimum atomic E-state index is -3.31. The van der Waals surface area contributed by atoms with Crippen molar-refractivity contribution in [2.24, 2.45) is 0 Å². The van der Waals surface area contributed by atoms with E-state index in [0.29, 0.717) is 12.0 Å². The van der Waals surface area contributed by atoms with Gasteiger partial charge in [0.25, 0.3) is 0 Å². The van der Waals surface area contributed by atoms with E-state index in [0.717, 1.165) is 6.42 Å². The molecule has 4 nitrogen and oxygen atoms in total. The summed E-state index contributed by atoms with van der Waals surface area (Å²) in [6, 6.07) is 3.43. The maximum atomic E-state index is 13.3. The molecule has 0 amide bonds. The van der Waals surface area contributed by atoms with Gasteiger partial charge in [0.1, 0.15) is 5.82 Å². The minimum Gasteiger partial charge on any atom is -0.395 e. The highest BCUT2D eigenvalue weighted by molar-refractivity contribution is 7.91. The Morgan fingerprint density at radius 2 is 2.26 bits per heavy atom. The largest absolute Gasteiger partial charge is 0.395 e. The molecule has 19 heavy (non-hydrogen) atoms. The van der Waals surface area contributed by atoms with Gasteiger partial charge < -0.3 is 10.4 Å². The van der Waals surface area contributed by atoms with Crippen LogP contribution in [0.1, 0.15) is 31.4 Å². The third kappa shape index (κ3) is 2.96. The van der Waals surface area contributed by atoms with Crippen molar-refractivity contribution in [2.75, 3.05) is 12.4 Å². The highest BCUT2D eigenvalue weighted by Crippen LogP contribution is 2.33. The number of sulfone groups is 1. The smallest absolute Gasteiger partial charge is 0.178 e. The van der Waals surface area contributed by atoms with Gasteiger partial charge in [0.05, 0.1) is 17.3 Å². The molecular formula is C13H18FNO3S. The van der Waals surface area contributed by atoms with E-state index in [-0.39, 0.29) is 29.3 Å². The van der Waals surface area contributed by atoms with Crippen LogP contribution in [-0.4, -0.2) is 31.9 Å². The Morgan fingerprint density at radius 3 is 2.89 bits per heavy atom. The summed E-state index contributed by atoms with van der Waals surface area (Å²) in [5, 5.41) is 12.4. The molecule has 1 aromatic rings. The molecule has 0 fully saturated rings. The first-order valence-electron chi connectivity index (χ1n) is 6.37. The van der Waals surface area contributed by atoms with E-state index in [9.17, 15) is 17.9 Å². The second kappa shape index (κ2) is 5.56. The summed E-state index contributed by atoms with van der Waals surface area (Å²) >= 11 is 0. The first kappa shape index (κ1) is 14.4. The van der Waals surface area contributed by atoms with Gasteiger partial charge in [-0.05, 0) is 36.6 Å². The number of benzene rings is 1. The molecule has 0 radical (unpaired) electrons. The molecule has 106 valence electrons. The number of aliphatic hydroxyl groups excluding tert-OH is 1. The molecule has 2 N–H and O–H groups in total. The summed E-state index contributed by atoms with van der Waals surface area (Å²) < 4.78 is 37.3. The van der Waals surface area contributed by atoms with E-state index >= 15 is 0 Å². The van der Waals surface area contributed by atoms with Gasteiger partial charge in [0, 0.05) is 12.1 Å². The molecule has 1 heterocycles. The van der Waals surface area contributed by atoms with Crippen LogP contribution < -0.4 is 5.32 Å². The van der Waals surface area contributed by atoms with Crippen molar-refractivity contribution >= 4 is 9.84 Å². The summed E-state index contributed by atoms with van der Waals surface area (Å²) in [4.78, 5) is 0.199. The lowest BCUT2D eigenvalue weighted by atomic mass is 10.0. The van der Waals surface area contributed by atoms with Crippen LogP contribution in [0.25, 0.3) is 0 Å². The van der Waals surface area contributed by atoms with Crippen molar-refractivity contribution in [1.29, 1.82) is 0 Å². The van der Waals surface area contributed by atoms with Crippen LogP contribution in [0.15, 0.2) is 23.1 Å². The Kier molecular flexibility index (Phi) is 4.23. The molecule has 2 rings (SSSR count). The third-order valence-electron chi connectivity index (χ3n) is 3.51. The molecule has 0 aliphatic carbocycles. The van der Waals surface area contributed by atoms with Crippen molar-refractivity contribution in [3.8, 4) is 0 Å². The lowest BCUT2D eigenvalue weighted by Gasteiger charge is -2.29. The fraction of sp³-hybridized carbons (Fsp3) is 0.538. The van der Waals surface area contributed by atoms with E-state index in [2.05, 4.69) is 5.32 Å². The maximum absolute atomic E-state index is 13.3. The van der Waals surface area contributed by atoms with Crippen molar-refractivity contribution in [1.82, 2.24) is 5.32 Å². The molecule has 0 bridgehead atoms. The number of rotatable bonds is 4. The lowest BCUT2D eigenvalue weighted by molar-refractivity contribution is 0.225. The van der Waals surface area contributed by atoms with Crippen LogP contribution in [0.4, 0.5) is 4.39 Å². The predicted molar refractivity (Wildman–Crippen MR) is 70.1 cm³/mol. The Bertz CT molecular complexity index is 555. The number of aliphatic hydroxyl groups is 1. The van der Waals surface area contributed by atoms with Crippen LogP contribution in [0, 0.1) is 5.82 Å². The van der Waals surface area contributed by atoms with Crippen LogP contribution >= 0.6 is 0 Å². The van der Waals surface area contributed by atoms with Crippen molar-refractivity contribution < 1.29 is 17.9 Å². The van der Waals surface area contributed by atoms with Gasteiger partial charge in [0.2, 0.25) is 0 Å². The van der Waals surface area contributed by atoms with Gasteiger partial charge in [-0.25, -0.2) is 12.8 Å². The second-order valence-corrected chi connectivity index (χ2v) is 6.87. The average molecular weight is 287 g/mol. The van der Waals surface area contributed by atoms with E-state index in [1.165, 1.54) is 18.2 Å². The first-order valence-corrected chi connectivity index (χ1v) is 8.02. The van der Waals surface area contributed by atoms with Crippen LogP contribution in [0.2, 0.25) is 0 Å². The van der Waals surface area contributed by atoms with E-state index in [4.69, 9.17) is 0 Å². The van der Waals surface area contributed by atoms with Gasteiger partial charge in [-0.2, -0.15) is 0 Å². The van der Waals surface area contributed by atoms with E-state index in [1.807, 2.05) is 6.92 Å². The molecule has 1 aliphatic rings. The number of halogens is 1. The van der Waals surface area contributed by atoms with Gasteiger partial charge >= 0.3 is 0 Å². The van der Waals surface area contributed by atoms with Crippen LogP contribution in [-0.2, 0) is 9.84 Å². The third-order valence-corrected chi connectivity index (χ3v) is 5.32. The number of hydrogen-bond donors (Lipinski definition) is 2. The lowest BCUT2D eigenvalue weighted by Crippen LogP contribution is -2.38. The Morgan fingerprint density at radius 1 is 1.53 bits per heavy atom. The van der Waals surface area contributed by atoms with Crippen molar-refractivity contribution in [2.45, 2.75) is 36.7 Å². The molecule has 0 saturated carbocycles. The topological polar surface area (TPSA) is 66.4 Å². The molecule has 0 spiro atoms. The standard InChI is InChI=1S/C13H18FNO3S/c1-2-10(8-16)15-12-5-6-19(17,18)13-4-3-9(14)7-11(12)13/h3-4,7,10,12,15-16H,2,5-6,8H2,1H3/t10-,12?/m1/s1. The summed E-state index contributed by atoms with van der Waals surface area (Å²) in [5.74, 6) is -0.398. The zero-order valence-corrected chi connectivity index (χ0v) is 11.6. The van der Waals surface area contributed by atoms with Gasteiger partial charge in [-0.15, -0.1) is 0 Å². The number of nitrogens with one attached hydrogen (secondary N) is 1. The summed E-state index contributed by atoms with van der Waals surface area (Å²) in [6.07, 6.45) is 1.12. The SMILES string of the molecule is CC[C@H](CO)NC1CCS(=O)(=O)c2ccc(F)cc21. The zero-order chi connectivity index (χ0) is 14.0. The molecule has 1 aromatic carbocycles. The Hall–Kier alpha value is -0.980. The fourth-order valence-electron chi connectivity index (χ4n) is 2.37. The van der Waals surface area contributed by atoms with Crippen LogP contribution in [0.5, 0.6) is 0 Å². The molecule has 1 unspecified atom stereocenters. The second-order valence-electron chi connectivity index (χ2n) is 4.80. The maximum Gasteiger partial charge on any atom is 0.178 e. The Balaban J connectivity index is 2.37. The van der Waals surface area contributed by atoms with E-state index in [1.54, 1.807) is 0 Å². The zero-order valence-electron chi connectivity index (χ0n) is 10.8. The van der Waals surface area contributed by atoms with Gasteiger partial charge in [-0.3, -0.25) is 0 Å². The highest BCUT2D eigenvalue weighted by Gasteiger charge is 2.31. The molecule has 1 aliphatic heterocycles. The normalized spacial score (nSPS) is 22.8. The number of hydrogen-bond acceptors (Lipinski definition) is 4. The summed E-state index contributed by atoms with van der Waals surface area (Å²) in [6.45, 7) is 1.91.